The molecule has 0 spiro atoms. The molecule has 1 heterocycles. The Hall–Kier alpha value is -2.20. The number of ether oxygens (including phenoxy) is 1. The molecule has 0 aliphatic rings. The molecule has 0 saturated carbocycles. The highest BCUT2D eigenvalue weighted by Gasteiger charge is 2.18. The highest BCUT2D eigenvalue weighted by molar-refractivity contribution is 9.10. The number of hydrogen-bond donors (Lipinski definition) is 0. The molecule has 0 aliphatic carbocycles. The van der Waals surface area contributed by atoms with Gasteiger partial charge < -0.3 is 4.74 Å². The fourth-order valence-corrected chi connectivity index (χ4v) is 2.99. The van der Waals surface area contributed by atoms with E-state index in [4.69, 9.17) is 27.9 Å². The SMILES string of the molecule is N#CC(c1ccc(Cl)c(Oc2cc(F)cc(Br)c2)c1)c1ccc(Cl)nn1. The van der Waals surface area contributed by atoms with Crippen molar-refractivity contribution >= 4 is 39.1 Å². The summed E-state index contributed by atoms with van der Waals surface area (Å²) in [7, 11) is 0. The highest BCUT2D eigenvalue weighted by atomic mass is 79.9. The Morgan fingerprint density at radius 3 is 2.54 bits per heavy atom. The third-order valence-electron chi connectivity index (χ3n) is 3.43. The van der Waals surface area contributed by atoms with Crippen LogP contribution in [0.1, 0.15) is 17.2 Å². The summed E-state index contributed by atoms with van der Waals surface area (Å²) in [5.74, 6) is -0.564. The molecule has 0 amide bonds. The number of aromatic nitrogens is 2. The number of nitrogens with zero attached hydrogens (tertiary/aromatic N) is 3. The summed E-state index contributed by atoms with van der Waals surface area (Å²) in [6, 6.07) is 14.4. The van der Waals surface area contributed by atoms with E-state index in [-0.39, 0.29) is 10.9 Å². The summed E-state index contributed by atoms with van der Waals surface area (Å²) in [4.78, 5) is 0. The average molecular weight is 453 g/mol. The fourth-order valence-electron chi connectivity index (χ4n) is 2.28. The molecule has 3 aromatic rings. The first-order valence-electron chi connectivity index (χ1n) is 7.28. The molecule has 1 aromatic heterocycles. The summed E-state index contributed by atoms with van der Waals surface area (Å²) in [5.41, 5.74) is 1.05. The maximum Gasteiger partial charge on any atom is 0.151 e. The summed E-state index contributed by atoms with van der Waals surface area (Å²) >= 11 is 15.1. The number of rotatable bonds is 4. The Morgan fingerprint density at radius 2 is 1.88 bits per heavy atom. The smallest absolute Gasteiger partial charge is 0.151 e. The molecule has 8 heteroatoms. The van der Waals surface area contributed by atoms with Gasteiger partial charge in [0.2, 0.25) is 0 Å². The molecule has 0 aliphatic heterocycles. The lowest BCUT2D eigenvalue weighted by Gasteiger charge is -2.13. The van der Waals surface area contributed by atoms with Crippen LogP contribution < -0.4 is 4.74 Å². The zero-order valence-electron chi connectivity index (χ0n) is 13.0. The van der Waals surface area contributed by atoms with Gasteiger partial charge in [-0.25, -0.2) is 4.39 Å². The molecular weight excluding hydrogens is 444 g/mol. The fraction of sp³-hybridized carbons (Fsp3) is 0.0556. The van der Waals surface area contributed by atoms with Gasteiger partial charge >= 0.3 is 0 Å². The molecule has 0 saturated heterocycles. The summed E-state index contributed by atoms with van der Waals surface area (Å²) in [6.07, 6.45) is 0. The van der Waals surface area contributed by atoms with E-state index in [1.54, 1.807) is 36.4 Å². The second-order valence-electron chi connectivity index (χ2n) is 5.24. The van der Waals surface area contributed by atoms with E-state index in [1.807, 2.05) is 0 Å². The Balaban J connectivity index is 1.96. The molecule has 0 N–H and O–H groups in total. The van der Waals surface area contributed by atoms with Crippen LogP contribution in [-0.2, 0) is 0 Å². The van der Waals surface area contributed by atoms with E-state index in [1.165, 1.54) is 12.1 Å². The molecule has 3 rings (SSSR count). The van der Waals surface area contributed by atoms with Crippen LogP contribution in [-0.4, -0.2) is 10.2 Å². The van der Waals surface area contributed by atoms with E-state index in [2.05, 4.69) is 32.2 Å². The maximum absolute atomic E-state index is 13.5. The second-order valence-corrected chi connectivity index (χ2v) is 6.95. The minimum absolute atomic E-state index is 0.238. The van der Waals surface area contributed by atoms with Crippen molar-refractivity contribution in [2.45, 2.75) is 5.92 Å². The van der Waals surface area contributed by atoms with Gasteiger partial charge in [0.25, 0.3) is 0 Å². The predicted octanol–water partition coefficient (Wildman–Crippen LogP) is 6.13. The van der Waals surface area contributed by atoms with E-state index in [0.29, 0.717) is 26.5 Å². The Morgan fingerprint density at radius 1 is 1.08 bits per heavy atom. The van der Waals surface area contributed by atoms with E-state index < -0.39 is 11.7 Å². The van der Waals surface area contributed by atoms with Crippen LogP contribution in [0, 0.1) is 17.1 Å². The maximum atomic E-state index is 13.5. The van der Waals surface area contributed by atoms with Gasteiger partial charge in [-0.05, 0) is 42.0 Å². The minimum Gasteiger partial charge on any atom is -0.456 e. The van der Waals surface area contributed by atoms with Gasteiger partial charge in [-0.15, -0.1) is 5.10 Å². The summed E-state index contributed by atoms with van der Waals surface area (Å²) in [6.45, 7) is 0. The zero-order chi connectivity index (χ0) is 18.7. The van der Waals surface area contributed by atoms with Crippen LogP contribution in [0.5, 0.6) is 11.5 Å². The van der Waals surface area contributed by atoms with Crippen molar-refractivity contribution in [1.29, 1.82) is 5.26 Å². The molecule has 0 fully saturated rings. The molecule has 0 bridgehead atoms. The molecule has 4 nitrogen and oxygen atoms in total. The van der Waals surface area contributed by atoms with Crippen molar-refractivity contribution in [3.63, 3.8) is 0 Å². The molecule has 2 aromatic carbocycles. The minimum atomic E-state index is -0.682. The standard InChI is InChI=1S/C18H9BrCl2FN3O/c19-11-6-12(22)8-13(7-11)26-17-5-10(1-2-15(17)20)14(9-23)16-3-4-18(21)25-24-16/h1-8,14H. The highest BCUT2D eigenvalue weighted by Crippen LogP contribution is 2.35. The normalized spacial score (nSPS) is 11.7. The Bertz CT molecular complexity index is 972. The van der Waals surface area contributed by atoms with Gasteiger partial charge in [-0.2, -0.15) is 10.4 Å². The van der Waals surface area contributed by atoms with Crippen molar-refractivity contribution in [1.82, 2.24) is 10.2 Å². The van der Waals surface area contributed by atoms with Crippen molar-refractivity contribution in [2.75, 3.05) is 0 Å². The Labute approximate surface area is 167 Å². The van der Waals surface area contributed by atoms with Crippen LogP contribution in [0.3, 0.4) is 0 Å². The van der Waals surface area contributed by atoms with Crippen molar-refractivity contribution in [2.24, 2.45) is 0 Å². The first-order valence-corrected chi connectivity index (χ1v) is 8.83. The molecule has 26 heavy (non-hydrogen) atoms. The second kappa shape index (κ2) is 8.00. The number of hydrogen-bond acceptors (Lipinski definition) is 4. The first kappa shape index (κ1) is 18.6. The van der Waals surface area contributed by atoms with Crippen LogP contribution in [0.15, 0.2) is 53.0 Å². The molecule has 1 unspecified atom stereocenters. The molecule has 0 radical (unpaired) electrons. The first-order chi connectivity index (χ1) is 12.5. The summed E-state index contributed by atoms with van der Waals surface area (Å²) < 4.78 is 19.8. The van der Waals surface area contributed by atoms with Gasteiger partial charge in [-0.3, -0.25) is 0 Å². The van der Waals surface area contributed by atoms with Crippen molar-refractivity contribution in [3.05, 3.63) is 80.3 Å². The summed E-state index contributed by atoms with van der Waals surface area (Å²) in [5, 5.41) is 17.8. The quantitative estimate of drug-likeness (QED) is 0.477. The topological polar surface area (TPSA) is 58.8 Å². The van der Waals surface area contributed by atoms with E-state index in [0.717, 1.165) is 0 Å². The van der Waals surface area contributed by atoms with Crippen LogP contribution in [0.25, 0.3) is 0 Å². The number of halogens is 4. The van der Waals surface area contributed by atoms with E-state index in [9.17, 15) is 9.65 Å². The lowest BCUT2D eigenvalue weighted by molar-refractivity contribution is 0.476. The van der Waals surface area contributed by atoms with Gasteiger partial charge in [0, 0.05) is 10.5 Å². The molecule has 1 atom stereocenters. The van der Waals surface area contributed by atoms with Crippen LogP contribution in [0.4, 0.5) is 4.39 Å². The van der Waals surface area contributed by atoms with Gasteiger partial charge in [0.1, 0.15) is 23.2 Å². The average Bonchev–Trinajstić information content (AvgIpc) is 2.59. The third-order valence-corrected chi connectivity index (χ3v) is 4.40. The lowest BCUT2D eigenvalue weighted by atomic mass is 9.97. The predicted molar refractivity (Wildman–Crippen MR) is 100 cm³/mol. The van der Waals surface area contributed by atoms with Gasteiger partial charge in [0.05, 0.1) is 16.8 Å². The largest absolute Gasteiger partial charge is 0.456 e. The van der Waals surface area contributed by atoms with Gasteiger partial charge in [-0.1, -0.05) is 45.2 Å². The Kier molecular flexibility index (Phi) is 5.72. The van der Waals surface area contributed by atoms with Crippen molar-refractivity contribution in [3.8, 4) is 17.6 Å². The molecule has 130 valence electrons. The van der Waals surface area contributed by atoms with Gasteiger partial charge in [0.15, 0.2) is 5.15 Å². The number of benzene rings is 2. The van der Waals surface area contributed by atoms with Crippen LogP contribution in [0.2, 0.25) is 10.2 Å². The monoisotopic (exact) mass is 451 g/mol. The lowest BCUT2D eigenvalue weighted by Crippen LogP contribution is -2.03. The number of nitriles is 1. The van der Waals surface area contributed by atoms with E-state index >= 15 is 0 Å². The van der Waals surface area contributed by atoms with Crippen LogP contribution >= 0.6 is 39.1 Å². The van der Waals surface area contributed by atoms with Crippen molar-refractivity contribution < 1.29 is 9.13 Å². The third kappa shape index (κ3) is 4.31. The molecular formula is C18H9BrCl2FN3O. The zero-order valence-corrected chi connectivity index (χ0v) is 16.1.